The molecule has 0 unspecified atom stereocenters. The Hall–Kier alpha value is -0.480. The first-order valence-electron chi connectivity index (χ1n) is 4.86. The number of hydrogen-bond donors (Lipinski definition) is 1. The third kappa shape index (κ3) is 2.30. The molecular weight excluding hydrogens is 244 g/mol. The summed E-state index contributed by atoms with van der Waals surface area (Å²) in [5, 5.41) is 9.29. The van der Waals surface area contributed by atoms with Gasteiger partial charge in [-0.2, -0.15) is 0 Å². The Balaban J connectivity index is 2.22. The molecule has 1 atom stereocenters. The molecule has 14 heavy (non-hydrogen) atoms. The number of rotatable bonds is 3. The Labute approximate surface area is 91.7 Å². The first-order chi connectivity index (χ1) is 6.66. The number of nitrogens with zero attached hydrogens (tertiary/aromatic N) is 2. The monoisotopic (exact) mass is 256 g/mol. The lowest BCUT2D eigenvalue weighted by Gasteiger charge is -2.07. The molecular formula is C10H13BrN2O. The number of aromatic nitrogens is 2. The van der Waals surface area contributed by atoms with E-state index >= 15 is 0 Å². The van der Waals surface area contributed by atoms with Crippen LogP contribution in [0.4, 0.5) is 0 Å². The summed E-state index contributed by atoms with van der Waals surface area (Å²) in [7, 11) is 0. The van der Waals surface area contributed by atoms with E-state index in [2.05, 4.69) is 25.9 Å². The fourth-order valence-electron chi connectivity index (χ4n) is 1.38. The van der Waals surface area contributed by atoms with Crippen LogP contribution in [0.3, 0.4) is 0 Å². The molecule has 0 aliphatic heterocycles. The van der Waals surface area contributed by atoms with Crippen LogP contribution in [-0.2, 0) is 6.42 Å². The van der Waals surface area contributed by atoms with Crippen molar-refractivity contribution in [1.29, 1.82) is 0 Å². The Kier molecular flexibility index (Phi) is 2.83. The lowest BCUT2D eigenvalue weighted by molar-refractivity contribution is 0.194. The lowest BCUT2D eigenvalue weighted by atomic mass is 10.2. The summed E-state index contributed by atoms with van der Waals surface area (Å²) >= 11 is 3.39. The van der Waals surface area contributed by atoms with E-state index in [1.54, 1.807) is 13.1 Å². The molecule has 3 nitrogen and oxygen atoms in total. The van der Waals surface area contributed by atoms with Gasteiger partial charge in [0.05, 0.1) is 16.3 Å². The van der Waals surface area contributed by atoms with Gasteiger partial charge in [0.15, 0.2) is 0 Å². The van der Waals surface area contributed by atoms with Gasteiger partial charge in [-0.25, -0.2) is 9.97 Å². The Bertz CT molecular complexity index is 337. The summed E-state index contributed by atoms with van der Waals surface area (Å²) in [6.45, 7) is 1.77. The van der Waals surface area contributed by atoms with Crippen molar-refractivity contribution in [3.05, 3.63) is 22.2 Å². The largest absolute Gasteiger partial charge is 0.393 e. The number of halogens is 1. The molecule has 1 heterocycles. The van der Waals surface area contributed by atoms with Crippen molar-refractivity contribution in [3.8, 4) is 0 Å². The van der Waals surface area contributed by atoms with Crippen LogP contribution >= 0.6 is 15.9 Å². The normalized spacial score (nSPS) is 18.2. The molecule has 0 bridgehead atoms. The van der Waals surface area contributed by atoms with Gasteiger partial charge < -0.3 is 5.11 Å². The highest BCUT2D eigenvalue weighted by Crippen LogP contribution is 2.38. The van der Waals surface area contributed by atoms with E-state index in [1.807, 2.05) is 0 Å². The maximum Gasteiger partial charge on any atom is 0.131 e. The van der Waals surface area contributed by atoms with E-state index in [0.29, 0.717) is 12.3 Å². The summed E-state index contributed by atoms with van der Waals surface area (Å²) in [4.78, 5) is 8.73. The number of aliphatic hydroxyl groups excluding tert-OH is 1. The van der Waals surface area contributed by atoms with Gasteiger partial charge in [-0.15, -0.1) is 0 Å². The topological polar surface area (TPSA) is 46.0 Å². The lowest BCUT2D eigenvalue weighted by Crippen LogP contribution is -2.08. The van der Waals surface area contributed by atoms with Gasteiger partial charge in [0, 0.05) is 18.5 Å². The molecule has 76 valence electrons. The molecule has 1 aliphatic carbocycles. The predicted molar refractivity (Wildman–Crippen MR) is 57.1 cm³/mol. The molecule has 1 saturated carbocycles. The van der Waals surface area contributed by atoms with E-state index in [1.165, 1.54) is 12.8 Å². The van der Waals surface area contributed by atoms with Gasteiger partial charge in [0.1, 0.15) is 5.82 Å². The Morgan fingerprint density at radius 2 is 2.36 bits per heavy atom. The second-order valence-electron chi connectivity index (χ2n) is 3.85. The van der Waals surface area contributed by atoms with Crippen LogP contribution in [-0.4, -0.2) is 21.2 Å². The molecule has 2 rings (SSSR count). The molecule has 1 aliphatic rings. The first-order valence-corrected chi connectivity index (χ1v) is 5.65. The molecule has 1 N–H and O–H groups in total. The van der Waals surface area contributed by atoms with Crippen molar-refractivity contribution in [2.45, 2.75) is 38.2 Å². The van der Waals surface area contributed by atoms with Crippen LogP contribution in [0.1, 0.15) is 37.2 Å². The van der Waals surface area contributed by atoms with Crippen LogP contribution in [0.25, 0.3) is 0 Å². The first kappa shape index (κ1) is 10.1. The van der Waals surface area contributed by atoms with Gasteiger partial charge in [-0.1, -0.05) is 0 Å². The Morgan fingerprint density at radius 1 is 1.64 bits per heavy atom. The van der Waals surface area contributed by atoms with Crippen molar-refractivity contribution >= 4 is 15.9 Å². The molecule has 0 saturated heterocycles. The second kappa shape index (κ2) is 3.95. The maximum atomic E-state index is 9.29. The van der Waals surface area contributed by atoms with Crippen molar-refractivity contribution in [3.63, 3.8) is 0 Å². The third-order valence-corrected chi connectivity index (χ3v) is 2.93. The second-order valence-corrected chi connectivity index (χ2v) is 4.70. The van der Waals surface area contributed by atoms with Crippen LogP contribution in [0.5, 0.6) is 0 Å². The van der Waals surface area contributed by atoms with Crippen LogP contribution in [0.2, 0.25) is 0 Å². The van der Waals surface area contributed by atoms with Crippen molar-refractivity contribution < 1.29 is 5.11 Å². The van der Waals surface area contributed by atoms with Gasteiger partial charge in [-0.3, -0.25) is 0 Å². The highest BCUT2D eigenvalue weighted by Gasteiger charge is 2.27. The predicted octanol–water partition coefficient (Wildman–Crippen LogP) is 2.04. The zero-order valence-corrected chi connectivity index (χ0v) is 9.66. The minimum absolute atomic E-state index is 0.353. The van der Waals surface area contributed by atoms with Crippen LogP contribution in [0.15, 0.2) is 10.7 Å². The molecule has 0 spiro atoms. The fraction of sp³-hybridized carbons (Fsp3) is 0.600. The highest BCUT2D eigenvalue weighted by atomic mass is 79.9. The smallest absolute Gasteiger partial charge is 0.131 e. The van der Waals surface area contributed by atoms with E-state index in [4.69, 9.17) is 0 Å². The zero-order chi connectivity index (χ0) is 10.1. The zero-order valence-electron chi connectivity index (χ0n) is 8.07. The molecule has 4 heteroatoms. The minimum Gasteiger partial charge on any atom is -0.393 e. The van der Waals surface area contributed by atoms with Crippen LogP contribution in [0, 0.1) is 0 Å². The molecule has 1 fully saturated rings. The van der Waals surface area contributed by atoms with Gasteiger partial charge >= 0.3 is 0 Å². The molecule has 1 aromatic rings. The summed E-state index contributed by atoms with van der Waals surface area (Å²) < 4.78 is 0.891. The van der Waals surface area contributed by atoms with E-state index in [0.717, 1.165) is 16.0 Å². The SMILES string of the molecule is C[C@@H](O)Cc1nc(C2CC2)ncc1Br. The maximum absolute atomic E-state index is 9.29. The summed E-state index contributed by atoms with van der Waals surface area (Å²) in [6.07, 6.45) is 4.43. The summed E-state index contributed by atoms with van der Waals surface area (Å²) in [5.41, 5.74) is 0.914. The van der Waals surface area contributed by atoms with Gasteiger partial charge in [-0.05, 0) is 35.7 Å². The standard InChI is InChI=1S/C10H13BrN2O/c1-6(14)4-9-8(11)5-12-10(13-9)7-2-3-7/h5-7,14H,2-4H2,1H3/t6-/m1/s1. The van der Waals surface area contributed by atoms with E-state index in [9.17, 15) is 5.11 Å². The number of aliphatic hydroxyl groups is 1. The molecule has 0 amide bonds. The average Bonchev–Trinajstić information content (AvgIpc) is 2.91. The minimum atomic E-state index is -0.353. The van der Waals surface area contributed by atoms with E-state index < -0.39 is 0 Å². The average molecular weight is 257 g/mol. The molecule has 1 aromatic heterocycles. The van der Waals surface area contributed by atoms with Gasteiger partial charge in [0.2, 0.25) is 0 Å². The number of hydrogen-bond acceptors (Lipinski definition) is 3. The highest BCUT2D eigenvalue weighted by molar-refractivity contribution is 9.10. The summed E-state index contributed by atoms with van der Waals surface area (Å²) in [6, 6.07) is 0. The van der Waals surface area contributed by atoms with E-state index in [-0.39, 0.29) is 6.10 Å². The summed E-state index contributed by atoms with van der Waals surface area (Å²) in [5.74, 6) is 1.50. The van der Waals surface area contributed by atoms with Crippen LogP contribution < -0.4 is 0 Å². The quantitative estimate of drug-likeness (QED) is 0.901. The molecule has 0 aromatic carbocycles. The third-order valence-electron chi connectivity index (χ3n) is 2.27. The van der Waals surface area contributed by atoms with Crippen molar-refractivity contribution in [1.82, 2.24) is 9.97 Å². The van der Waals surface area contributed by atoms with Crippen molar-refractivity contribution in [2.75, 3.05) is 0 Å². The fourth-order valence-corrected chi connectivity index (χ4v) is 1.73. The van der Waals surface area contributed by atoms with Crippen molar-refractivity contribution in [2.24, 2.45) is 0 Å². The molecule has 0 radical (unpaired) electrons. The Morgan fingerprint density at radius 3 is 2.93 bits per heavy atom. The van der Waals surface area contributed by atoms with Gasteiger partial charge in [0.25, 0.3) is 0 Å².